The topological polar surface area (TPSA) is 128 Å². The number of amides is 2. The van der Waals surface area contributed by atoms with Crippen LogP contribution >= 0.6 is 0 Å². The van der Waals surface area contributed by atoms with Crippen LogP contribution in [0.5, 0.6) is 0 Å². The molecule has 2 heterocycles. The minimum absolute atomic E-state index is 0.0521. The maximum Gasteiger partial charge on any atom is 0.237 e. The monoisotopic (exact) mass is 523 g/mol. The van der Waals surface area contributed by atoms with Crippen molar-refractivity contribution in [3.8, 4) is 0 Å². The largest absolute Gasteiger partial charge is 0.377 e. The third kappa shape index (κ3) is 8.84. The molecule has 4 rings (SSSR count). The van der Waals surface area contributed by atoms with Crippen LogP contribution in [0.4, 0.5) is 0 Å². The Morgan fingerprint density at radius 3 is 2.86 bits per heavy atom. The van der Waals surface area contributed by atoms with Crippen molar-refractivity contribution in [2.24, 2.45) is 17.8 Å². The van der Waals surface area contributed by atoms with Crippen LogP contribution in [-0.4, -0.2) is 81.7 Å². The van der Waals surface area contributed by atoms with Gasteiger partial charge >= 0.3 is 0 Å². The summed E-state index contributed by atoms with van der Waals surface area (Å²) in [6, 6.07) is 0. The van der Waals surface area contributed by atoms with Crippen molar-refractivity contribution in [1.29, 1.82) is 0 Å². The first-order valence-electron chi connectivity index (χ1n) is 14.5. The predicted molar refractivity (Wildman–Crippen MR) is 141 cm³/mol. The Hall–Kier alpha value is -1.34. The number of nitrogens with zero attached hydrogens (tertiary/aromatic N) is 1. The van der Waals surface area contributed by atoms with Crippen molar-refractivity contribution in [3.05, 3.63) is 0 Å². The lowest BCUT2D eigenvalue weighted by molar-refractivity contribution is -0.134. The highest BCUT2D eigenvalue weighted by atomic mass is 16.7. The Bertz CT molecular complexity index is 727. The van der Waals surface area contributed by atoms with Gasteiger partial charge in [0.05, 0.1) is 25.0 Å². The molecule has 0 aromatic rings. The summed E-state index contributed by atoms with van der Waals surface area (Å²) in [6.07, 6.45) is 11.2. The molecule has 11 nitrogen and oxygen atoms in total. The minimum Gasteiger partial charge on any atom is -0.377 e. The molecule has 0 radical (unpaired) electrons. The summed E-state index contributed by atoms with van der Waals surface area (Å²) in [5, 5.41) is 10.1. The lowest BCUT2D eigenvalue weighted by Crippen LogP contribution is -2.64. The first-order valence-corrected chi connectivity index (χ1v) is 14.5. The van der Waals surface area contributed by atoms with Crippen LogP contribution in [0.25, 0.3) is 0 Å². The van der Waals surface area contributed by atoms with Gasteiger partial charge in [0, 0.05) is 31.3 Å². The molecule has 2 saturated heterocycles. The molecule has 212 valence electrons. The normalized spacial score (nSPS) is 34.2. The number of likely N-dealkylation sites (N-methyl/N-ethyl adjacent to an activating group) is 1. The molecule has 0 aromatic carbocycles. The summed E-state index contributed by atoms with van der Waals surface area (Å²) in [5.41, 5.74) is 9.11. The average Bonchev–Trinajstić information content (AvgIpc) is 3.38. The number of nitrogens with one attached hydrogen (secondary N) is 6. The Labute approximate surface area is 221 Å². The highest BCUT2D eigenvalue weighted by molar-refractivity contribution is 5.79. The van der Waals surface area contributed by atoms with Gasteiger partial charge in [-0.2, -0.15) is 5.48 Å². The number of ether oxygens (including phenoxy) is 1. The van der Waals surface area contributed by atoms with E-state index in [-0.39, 0.29) is 36.3 Å². The maximum absolute atomic E-state index is 12.3. The third-order valence-corrected chi connectivity index (χ3v) is 8.34. The predicted octanol–water partition coefficient (Wildman–Crippen LogP) is 0.543. The van der Waals surface area contributed by atoms with Crippen LogP contribution in [0, 0.1) is 17.8 Å². The summed E-state index contributed by atoms with van der Waals surface area (Å²) in [7, 11) is 4.13. The molecule has 37 heavy (non-hydrogen) atoms. The van der Waals surface area contributed by atoms with Crippen molar-refractivity contribution in [1.82, 2.24) is 37.2 Å². The Kier molecular flexibility index (Phi) is 11.4. The van der Waals surface area contributed by atoms with E-state index in [2.05, 4.69) is 51.3 Å². The molecule has 2 aliphatic carbocycles. The molecular weight excluding hydrogens is 474 g/mol. The van der Waals surface area contributed by atoms with Gasteiger partial charge < -0.3 is 20.3 Å². The van der Waals surface area contributed by atoms with E-state index in [1.54, 1.807) is 0 Å². The Balaban J connectivity index is 1.04. The van der Waals surface area contributed by atoms with Crippen molar-refractivity contribution in [3.63, 3.8) is 0 Å². The van der Waals surface area contributed by atoms with Gasteiger partial charge in [0.25, 0.3) is 0 Å². The molecule has 4 fully saturated rings. The van der Waals surface area contributed by atoms with Crippen LogP contribution in [0.3, 0.4) is 0 Å². The number of carbonyl (C=O) groups is 2. The highest BCUT2D eigenvalue weighted by Gasteiger charge is 2.39. The number of carbonyl (C=O) groups excluding carboxylic acids is 2. The molecule has 0 aromatic heterocycles. The number of hydroxylamine groups is 1. The van der Waals surface area contributed by atoms with Crippen molar-refractivity contribution in [2.75, 3.05) is 40.3 Å². The first-order chi connectivity index (χ1) is 18.0. The number of rotatable bonds is 13. The van der Waals surface area contributed by atoms with Gasteiger partial charge in [-0.3, -0.25) is 25.2 Å². The molecule has 2 amide bonds. The maximum atomic E-state index is 12.3. The smallest absolute Gasteiger partial charge is 0.237 e. The Morgan fingerprint density at radius 2 is 2.00 bits per heavy atom. The summed E-state index contributed by atoms with van der Waals surface area (Å²) >= 11 is 0. The molecule has 0 bridgehead atoms. The van der Waals surface area contributed by atoms with E-state index in [0.717, 1.165) is 64.6 Å². The fourth-order valence-electron chi connectivity index (χ4n) is 6.19. The van der Waals surface area contributed by atoms with Crippen LogP contribution < -0.4 is 32.3 Å². The zero-order chi connectivity index (χ0) is 26.0. The molecule has 11 heteroatoms. The zero-order valence-corrected chi connectivity index (χ0v) is 22.7. The minimum atomic E-state index is -0.150. The molecule has 4 aliphatic rings. The van der Waals surface area contributed by atoms with Gasteiger partial charge in [-0.1, -0.05) is 19.3 Å². The van der Waals surface area contributed by atoms with Crippen molar-refractivity contribution < 1.29 is 19.2 Å². The molecule has 6 N–H and O–H groups in total. The SMILES string of the molecule is CN(C)CCOC1CCCC(C2NOC(CCC(=O)NCCCNC3NNC(=O)C4CCCCC34)N2)C1. The van der Waals surface area contributed by atoms with E-state index in [9.17, 15) is 9.59 Å². The van der Waals surface area contributed by atoms with Gasteiger partial charge in [0.15, 0.2) is 0 Å². The summed E-state index contributed by atoms with van der Waals surface area (Å²) in [5.74, 6) is 1.12. The van der Waals surface area contributed by atoms with Gasteiger partial charge in [-0.25, -0.2) is 5.43 Å². The van der Waals surface area contributed by atoms with E-state index in [1.807, 2.05) is 0 Å². The van der Waals surface area contributed by atoms with Gasteiger partial charge in [0.1, 0.15) is 6.23 Å². The fraction of sp³-hybridized carbons (Fsp3) is 0.923. The fourth-order valence-corrected chi connectivity index (χ4v) is 6.19. The summed E-state index contributed by atoms with van der Waals surface area (Å²) in [4.78, 5) is 32.3. The van der Waals surface area contributed by atoms with Crippen LogP contribution in [0.1, 0.15) is 70.6 Å². The van der Waals surface area contributed by atoms with Gasteiger partial charge in [-0.15, -0.1) is 0 Å². The second-order valence-electron chi connectivity index (χ2n) is 11.5. The molecule has 0 spiro atoms. The lowest BCUT2D eigenvalue weighted by Gasteiger charge is -2.41. The average molecular weight is 524 g/mol. The summed E-state index contributed by atoms with van der Waals surface area (Å²) in [6.45, 7) is 3.15. The molecule has 7 unspecified atom stereocenters. The first kappa shape index (κ1) is 28.7. The van der Waals surface area contributed by atoms with Gasteiger partial charge in [-0.05, 0) is 71.5 Å². The zero-order valence-electron chi connectivity index (χ0n) is 22.7. The summed E-state index contributed by atoms with van der Waals surface area (Å²) < 4.78 is 6.09. The van der Waals surface area contributed by atoms with E-state index in [0.29, 0.717) is 37.3 Å². The number of hydrogen-bond acceptors (Lipinski definition) is 9. The number of hydrogen-bond donors (Lipinski definition) is 6. The van der Waals surface area contributed by atoms with E-state index in [1.165, 1.54) is 12.8 Å². The second kappa shape index (κ2) is 14.7. The quantitative estimate of drug-likeness (QED) is 0.192. The molecule has 7 atom stereocenters. The Morgan fingerprint density at radius 1 is 1.14 bits per heavy atom. The van der Waals surface area contributed by atoms with Crippen molar-refractivity contribution in [2.45, 2.75) is 95.3 Å². The molecular formula is C26H49N7O4. The number of hydrazine groups is 1. The van der Waals surface area contributed by atoms with E-state index >= 15 is 0 Å². The van der Waals surface area contributed by atoms with Crippen molar-refractivity contribution >= 4 is 11.8 Å². The number of fused-ring (bicyclic) bond motifs is 1. The van der Waals surface area contributed by atoms with E-state index in [4.69, 9.17) is 9.57 Å². The van der Waals surface area contributed by atoms with Gasteiger partial charge in [0.2, 0.25) is 11.8 Å². The highest BCUT2D eigenvalue weighted by Crippen LogP contribution is 2.33. The third-order valence-electron chi connectivity index (χ3n) is 8.34. The molecule has 2 aliphatic heterocycles. The van der Waals surface area contributed by atoms with E-state index < -0.39 is 0 Å². The standard InChI is InChI=1S/C26H49N7O4/c1-33(2)15-16-36-19-8-5-7-18(17-19)24-29-23(37-32-24)12-11-22(34)27-13-6-14-28-25-20-9-3-4-10-21(20)26(35)31-30-25/h18-21,23-25,28-30,32H,3-17H2,1-2H3,(H,27,34)(H,31,35). The lowest BCUT2D eigenvalue weighted by atomic mass is 9.76. The van der Waals surface area contributed by atoms with Crippen LogP contribution in [0.15, 0.2) is 0 Å². The second-order valence-corrected chi connectivity index (χ2v) is 11.5. The van der Waals surface area contributed by atoms with Crippen LogP contribution in [-0.2, 0) is 19.2 Å². The molecule has 2 saturated carbocycles. The van der Waals surface area contributed by atoms with Crippen LogP contribution in [0.2, 0.25) is 0 Å².